The minimum atomic E-state index is -0.543. The van der Waals surface area contributed by atoms with Crippen LogP contribution in [0.15, 0.2) is 0 Å². The minimum absolute atomic E-state index is 0.0836. The van der Waals surface area contributed by atoms with Gasteiger partial charge in [0.05, 0.1) is 0 Å². The van der Waals surface area contributed by atoms with Gasteiger partial charge in [-0.25, -0.2) is 9.59 Å². The molecule has 4 amide bonds. The van der Waals surface area contributed by atoms with Crippen molar-refractivity contribution >= 4 is 12.1 Å². The lowest BCUT2D eigenvalue weighted by Gasteiger charge is -2.19. The topological polar surface area (TPSA) is 134 Å². The summed E-state index contributed by atoms with van der Waals surface area (Å²) in [5.41, 5.74) is 9.57. The highest BCUT2D eigenvalue weighted by Gasteiger charge is 2.03. The molecule has 0 aromatic carbocycles. The summed E-state index contributed by atoms with van der Waals surface area (Å²) in [6, 6.07) is -0.681. The van der Waals surface area contributed by atoms with E-state index in [4.69, 9.17) is 16.6 Å². The van der Waals surface area contributed by atoms with Crippen LogP contribution in [0.1, 0.15) is 13.3 Å². The molecule has 0 spiro atoms. The van der Waals surface area contributed by atoms with Crippen molar-refractivity contribution in [3.8, 4) is 0 Å². The second kappa shape index (κ2) is 11.9. The maximum Gasteiger partial charge on any atom is 0.312 e. The molecule has 0 saturated heterocycles. The normalized spacial score (nSPS) is 11.2. The van der Waals surface area contributed by atoms with E-state index in [1.165, 1.54) is 0 Å². The Kier molecular flexibility index (Phi) is 12.5. The molecule has 1 unspecified atom stereocenters. The first-order chi connectivity index (χ1) is 8.31. The van der Waals surface area contributed by atoms with E-state index in [2.05, 4.69) is 10.6 Å². The number of hydrogen-bond donors (Lipinski definition) is 5. The van der Waals surface area contributed by atoms with E-state index in [0.717, 1.165) is 0 Å². The lowest BCUT2D eigenvalue weighted by molar-refractivity contribution is 0.242. The number of urea groups is 2. The Labute approximate surface area is 108 Å². The highest BCUT2D eigenvalue weighted by atomic mass is 16.3. The fraction of sp³-hybridized carbons (Fsp3) is 0.800. The third kappa shape index (κ3) is 16.9. The maximum absolute atomic E-state index is 10.2. The van der Waals surface area contributed by atoms with Crippen LogP contribution in [0.3, 0.4) is 0 Å². The molecule has 8 nitrogen and oxygen atoms in total. The molecule has 0 saturated carbocycles. The lowest BCUT2D eigenvalue weighted by Crippen LogP contribution is -2.40. The molecule has 0 bridgehead atoms. The van der Waals surface area contributed by atoms with Gasteiger partial charge in [-0.3, -0.25) is 0 Å². The molecule has 108 valence electrons. The van der Waals surface area contributed by atoms with Crippen molar-refractivity contribution in [3.05, 3.63) is 0 Å². The van der Waals surface area contributed by atoms with E-state index in [9.17, 15) is 9.59 Å². The summed E-state index contributed by atoms with van der Waals surface area (Å²) in [5, 5.41) is 13.0. The Morgan fingerprint density at radius 2 is 1.72 bits per heavy atom. The molecule has 0 radical (unpaired) electrons. The number of likely N-dealkylation sites (N-methyl/N-ethyl adjacent to an activating group) is 1. The highest BCUT2D eigenvalue weighted by Crippen LogP contribution is 1.86. The monoisotopic (exact) mass is 263 g/mol. The van der Waals surface area contributed by atoms with E-state index < -0.39 is 12.1 Å². The summed E-state index contributed by atoms with van der Waals surface area (Å²) < 4.78 is 0. The van der Waals surface area contributed by atoms with Crippen LogP contribution in [0.4, 0.5) is 9.59 Å². The van der Waals surface area contributed by atoms with Crippen molar-refractivity contribution < 1.29 is 14.7 Å². The quantitative estimate of drug-likeness (QED) is 0.378. The maximum atomic E-state index is 10.2. The van der Waals surface area contributed by atoms with Gasteiger partial charge in [0.2, 0.25) is 0 Å². The van der Waals surface area contributed by atoms with Crippen molar-refractivity contribution in [1.82, 2.24) is 15.5 Å². The van der Waals surface area contributed by atoms with Gasteiger partial charge in [0.25, 0.3) is 0 Å². The fourth-order valence-corrected chi connectivity index (χ4v) is 0.722. The number of aliphatic hydroxyl groups excluding tert-OH is 1. The molecule has 0 fully saturated rings. The summed E-state index contributed by atoms with van der Waals surface area (Å²) in [7, 11) is 3.90. The van der Waals surface area contributed by atoms with Gasteiger partial charge in [0, 0.05) is 25.7 Å². The number of carbonyl (C=O) groups excluding carboxylic acids is 2. The van der Waals surface area contributed by atoms with E-state index >= 15 is 0 Å². The van der Waals surface area contributed by atoms with Crippen LogP contribution in [-0.4, -0.2) is 61.9 Å². The van der Waals surface area contributed by atoms with Gasteiger partial charge in [-0.05, 0) is 27.4 Å². The molecule has 0 aliphatic carbocycles. The van der Waals surface area contributed by atoms with Crippen LogP contribution >= 0.6 is 0 Å². The Morgan fingerprint density at radius 1 is 1.22 bits per heavy atom. The number of hydrogen-bond acceptors (Lipinski definition) is 4. The van der Waals surface area contributed by atoms with Crippen LogP contribution < -0.4 is 22.1 Å². The first-order valence-electron chi connectivity index (χ1n) is 5.65. The van der Waals surface area contributed by atoms with E-state index in [-0.39, 0.29) is 6.61 Å². The number of rotatable bonds is 6. The zero-order valence-corrected chi connectivity index (χ0v) is 11.3. The third-order valence-electron chi connectivity index (χ3n) is 2.09. The molecule has 18 heavy (non-hydrogen) atoms. The number of nitrogens with zero attached hydrogens (tertiary/aromatic N) is 1. The molecule has 8 heteroatoms. The number of carbonyl (C=O) groups is 2. The van der Waals surface area contributed by atoms with Crippen molar-refractivity contribution in [3.63, 3.8) is 0 Å². The van der Waals surface area contributed by atoms with Gasteiger partial charge < -0.3 is 32.1 Å². The third-order valence-corrected chi connectivity index (χ3v) is 2.09. The molecule has 7 N–H and O–H groups in total. The molecule has 0 aromatic heterocycles. The van der Waals surface area contributed by atoms with Crippen LogP contribution in [0.2, 0.25) is 0 Å². The second-order valence-corrected chi connectivity index (χ2v) is 3.93. The molecular formula is C10H25N5O3. The largest absolute Gasteiger partial charge is 0.396 e. The summed E-state index contributed by atoms with van der Waals surface area (Å²) >= 11 is 0. The molecule has 0 aromatic rings. The van der Waals surface area contributed by atoms with Gasteiger partial charge >= 0.3 is 12.1 Å². The predicted octanol–water partition coefficient (Wildman–Crippen LogP) is -1.36. The van der Waals surface area contributed by atoms with Gasteiger partial charge in [0.15, 0.2) is 0 Å². The zero-order chi connectivity index (χ0) is 14.6. The van der Waals surface area contributed by atoms with E-state index in [1.54, 1.807) is 0 Å². The Balaban J connectivity index is 0. The highest BCUT2D eigenvalue weighted by molar-refractivity contribution is 5.71. The van der Waals surface area contributed by atoms with Crippen molar-refractivity contribution in [2.24, 2.45) is 11.5 Å². The summed E-state index contributed by atoms with van der Waals surface area (Å²) in [6.45, 7) is 3.14. The van der Waals surface area contributed by atoms with Crippen LogP contribution in [0, 0.1) is 0 Å². The average Bonchev–Trinajstić information content (AvgIpc) is 2.26. The van der Waals surface area contributed by atoms with E-state index in [0.29, 0.717) is 25.6 Å². The average molecular weight is 263 g/mol. The number of amides is 4. The number of nitrogens with one attached hydrogen (secondary N) is 2. The van der Waals surface area contributed by atoms with Gasteiger partial charge in [-0.15, -0.1) is 0 Å². The molecule has 1 atom stereocenters. The smallest absolute Gasteiger partial charge is 0.312 e. The zero-order valence-electron chi connectivity index (χ0n) is 11.3. The number of aliphatic hydroxyl groups is 1. The molecule has 0 aliphatic rings. The Hall–Kier alpha value is -1.54. The number of primary amides is 2. The van der Waals surface area contributed by atoms with Crippen LogP contribution in [0.5, 0.6) is 0 Å². The molecule has 0 rings (SSSR count). The predicted molar refractivity (Wildman–Crippen MR) is 70.0 cm³/mol. The summed E-state index contributed by atoms with van der Waals surface area (Å²) in [6.07, 6.45) is 0.558. The Morgan fingerprint density at radius 3 is 2.06 bits per heavy atom. The molecule has 0 aliphatic heterocycles. The summed E-state index contributed by atoms with van der Waals surface area (Å²) in [5.74, 6) is 0. The van der Waals surface area contributed by atoms with Crippen LogP contribution in [-0.2, 0) is 0 Å². The standard InChI is InChI=1S/C6H15N3O.C4H10N2O2/c1-5(9(2)3)4-8-6(7)10;5-4(8)6-2-1-3-7/h5H,4H2,1-3H3,(H3,7,8,10);7H,1-3H2,(H3,5,6,8). The van der Waals surface area contributed by atoms with Gasteiger partial charge in [-0.2, -0.15) is 0 Å². The fourth-order valence-electron chi connectivity index (χ4n) is 0.722. The molecule has 0 heterocycles. The first-order valence-corrected chi connectivity index (χ1v) is 5.65. The van der Waals surface area contributed by atoms with Crippen molar-refractivity contribution in [2.75, 3.05) is 33.8 Å². The van der Waals surface area contributed by atoms with E-state index in [1.807, 2.05) is 25.9 Å². The van der Waals surface area contributed by atoms with Crippen LogP contribution in [0.25, 0.3) is 0 Å². The molecular weight excluding hydrogens is 238 g/mol. The van der Waals surface area contributed by atoms with Crippen molar-refractivity contribution in [1.29, 1.82) is 0 Å². The minimum Gasteiger partial charge on any atom is -0.396 e. The second-order valence-electron chi connectivity index (χ2n) is 3.93. The SMILES string of the molecule is CC(CNC(N)=O)N(C)C.NC(=O)NCCCO. The van der Waals surface area contributed by atoms with Crippen molar-refractivity contribution in [2.45, 2.75) is 19.4 Å². The summed E-state index contributed by atoms with van der Waals surface area (Å²) in [4.78, 5) is 22.1. The van der Waals surface area contributed by atoms with Gasteiger partial charge in [0.1, 0.15) is 0 Å². The first kappa shape index (κ1) is 18.8. The lowest BCUT2D eigenvalue weighted by atomic mass is 10.3. The Bertz CT molecular complexity index is 236. The number of nitrogens with two attached hydrogens (primary N) is 2. The van der Waals surface area contributed by atoms with Gasteiger partial charge in [-0.1, -0.05) is 0 Å².